The third-order valence-corrected chi connectivity index (χ3v) is 5.38. The van der Waals surface area contributed by atoms with E-state index >= 15 is 0 Å². The number of rotatable bonds is 3. The molecule has 3 rings (SSSR count). The van der Waals surface area contributed by atoms with Crippen LogP contribution < -0.4 is 4.90 Å². The maximum atomic E-state index is 14.4. The SMILES string of the molecule is CC(=O)c1ccc(N2CCN(C(=O)c3ccccc3Br)[C@@H](C)C2)c(F)c1. The Morgan fingerprint density at radius 1 is 1.15 bits per heavy atom. The number of hydrogen-bond acceptors (Lipinski definition) is 3. The van der Waals surface area contributed by atoms with Gasteiger partial charge < -0.3 is 9.80 Å². The van der Waals surface area contributed by atoms with Crippen molar-refractivity contribution in [3.05, 3.63) is 63.9 Å². The number of nitrogens with zero attached hydrogens (tertiary/aromatic N) is 2. The van der Waals surface area contributed by atoms with E-state index in [4.69, 9.17) is 0 Å². The van der Waals surface area contributed by atoms with Crippen LogP contribution in [0, 0.1) is 5.82 Å². The van der Waals surface area contributed by atoms with Crippen molar-refractivity contribution in [3.63, 3.8) is 0 Å². The molecule has 0 aliphatic carbocycles. The van der Waals surface area contributed by atoms with E-state index < -0.39 is 5.82 Å². The number of carbonyl (C=O) groups excluding carboxylic acids is 2. The first-order chi connectivity index (χ1) is 12.4. The molecule has 1 saturated heterocycles. The molecule has 1 heterocycles. The van der Waals surface area contributed by atoms with Crippen LogP contribution in [0.25, 0.3) is 0 Å². The van der Waals surface area contributed by atoms with Gasteiger partial charge in [-0.25, -0.2) is 4.39 Å². The highest BCUT2D eigenvalue weighted by molar-refractivity contribution is 9.10. The van der Waals surface area contributed by atoms with Crippen molar-refractivity contribution in [3.8, 4) is 0 Å². The molecule has 2 aromatic carbocycles. The molecule has 136 valence electrons. The minimum atomic E-state index is -0.407. The monoisotopic (exact) mass is 418 g/mol. The number of anilines is 1. The molecule has 0 unspecified atom stereocenters. The lowest BCUT2D eigenvalue weighted by Crippen LogP contribution is -2.54. The molecule has 26 heavy (non-hydrogen) atoms. The van der Waals surface area contributed by atoms with Gasteiger partial charge in [-0.3, -0.25) is 9.59 Å². The van der Waals surface area contributed by atoms with E-state index in [2.05, 4.69) is 15.9 Å². The van der Waals surface area contributed by atoms with Crippen molar-refractivity contribution < 1.29 is 14.0 Å². The van der Waals surface area contributed by atoms with Crippen LogP contribution in [0.15, 0.2) is 46.9 Å². The minimum Gasteiger partial charge on any atom is -0.365 e. The van der Waals surface area contributed by atoms with E-state index in [1.807, 2.05) is 34.9 Å². The van der Waals surface area contributed by atoms with Crippen molar-refractivity contribution in [1.82, 2.24) is 4.90 Å². The second-order valence-corrected chi connectivity index (χ2v) is 7.35. The van der Waals surface area contributed by atoms with Gasteiger partial charge in [-0.2, -0.15) is 0 Å². The number of piperazine rings is 1. The van der Waals surface area contributed by atoms with Gasteiger partial charge in [0, 0.05) is 35.7 Å². The van der Waals surface area contributed by atoms with Gasteiger partial charge in [0.05, 0.1) is 11.3 Å². The Hall–Kier alpha value is -2.21. The molecule has 0 saturated carbocycles. The van der Waals surface area contributed by atoms with Gasteiger partial charge in [0.2, 0.25) is 0 Å². The van der Waals surface area contributed by atoms with Gasteiger partial charge >= 0.3 is 0 Å². The molecular weight excluding hydrogens is 399 g/mol. The lowest BCUT2D eigenvalue weighted by Gasteiger charge is -2.41. The molecule has 1 aliphatic heterocycles. The number of carbonyl (C=O) groups is 2. The molecular formula is C20H20BrFN2O2. The van der Waals surface area contributed by atoms with E-state index in [1.165, 1.54) is 13.0 Å². The molecule has 1 amide bonds. The maximum absolute atomic E-state index is 14.4. The number of halogens is 2. The van der Waals surface area contributed by atoms with Crippen LogP contribution in [0.2, 0.25) is 0 Å². The van der Waals surface area contributed by atoms with Crippen molar-refractivity contribution in [2.24, 2.45) is 0 Å². The van der Waals surface area contributed by atoms with Gasteiger partial charge in [-0.15, -0.1) is 0 Å². The number of amides is 1. The summed E-state index contributed by atoms with van der Waals surface area (Å²) in [7, 11) is 0. The summed E-state index contributed by atoms with van der Waals surface area (Å²) in [6.45, 7) is 4.96. The zero-order valence-electron chi connectivity index (χ0n) is 14.7. The predicted molar refractivity (Wildman–Crippen MR) is 103 cm³/mol. The zero-order chi connectivity index (χ0) is 18.8. The van der Waals surface area contributed by atoms with Crippen molar-refractivity contribution in [2.75, 3.05) is 24.5 Å². The summed E-state index contributed by atoms with van der Waals surface area (Å²) in [5.41, 5.74) is 1.46. The standard InChI is InChI=1S/C20H20BrFN2O2/c1-13-12-23(19-8-7-15(14(2)25)11-18(19)22)9-10-24(13)20(26)16-5-3-4-6-17(16)21/h3-8,11,13H,9-10,12H2,1-2H3/t13-/m0/s1. The van der Waals surface area contributed by atoms with E-state index in [-0.39, 0.29) is 17.7 Å². The van der Waals surface area contributed by atoms with Gasteiger partial charge in [0.15, 0.2) is 5.78 Å². The summed E-state index contributed by atoms with van der Waals surface area (Å²) in [6, 6.07) is 11.9. The number of Topliss-reactive ketones (excluding diaryl/α,β-unsaturated/α-hetero) is 1. The summed E-state index contributed by atoms with van der Waals surface area (Å²) < 4.78 is 15.2. The first-order valence-corrected chi connectivity index (χ1v) is 9.28. The molecule has 2 aromatic rings. The van der Waals surface area contributed by atoms with Crippen LogP contribution in [-0.2, 0) is 0 Å². The zero-order valence-corrected chi connectivity index (χ0v) is 16.3. The number of ketones is 1. The topological polar surface area (TPSA) is 40.6 Å². The number of hydrogen-bond donors (Lipinski definition) is 0. The molecule has 0 N–H and O–H groups in total. The Labute approximate surface area is 160 Å². The molecule has 0 bridgehead atoms. The first-order valence-electron chi connectivity index (χ1n) is 8.49. The van der Waals surface area contributed by atoms with Gasteiger partial charge in [-0.1, -0.05) is 12.1 Å². The molecule has 1 atom stereocenters. The summed E-state index contributed by atoms with van der Waals surface area (Å²) in [6.07, 6.45) is 0. The molecule has 1 fully saturated rings. The van der Waals surface area contributed by atoms with Crippen LogP contribution in [0.5, 0.6) is 0 Å². The summed E-state index contributed by atoms with van der Waals surface area (Å²) >= 11 is 3.42. The second kappa shape index (κ2) is 7.58. The average molecular weight is 419 g/mol. The largest absolute Gasteiger partial charge is 0.365 e. The van der Waals surface area contributed by atoms with Gasteiger partial charge in [0.25, 0.3) is 5.91 Å². The first kappa shape index (κ1) is 18.6. The predicted octanol–water partition coefficient (Wildman–Crippen LogP) is 4.14. The summed E-state index contributed by atoms with van der Waals surface area (Å²) in [5.74, 6) is -0.597. The van der Waals surface area contributed by atoms with Crippen LogP contribution >= 0.6 is 15.9 Å². The normalized spacial score (nSPS) is 17.3. The van der Waals surface area contributed by atoms with E-state index in [1.54, 1.807) is 18.2 Å². The van der Waals surface area contributed by atoms with Crippen molar-refractivity contribution in [1.29, 1.82) is 0 Å². The Morgan fingerprint density at radius 3 is 2.50 bits per heavy atom. The lowest BCUT2D eigenvalue weighted by atomic mass is 10.1. The fourth-order valence-electron chi connectivity index (χ4n) is 3.25. The smallest absolute Gasteiger partial charge is 0.255 e. The maximum Gasteiger partial charge on any atom is 0.255 e. The third kappa shape index (κ3) is 3.65. The van der Waals surface area contributed by atoms with Gasteiger partial charge in [0.1, 0.15) is 5.82 Å². The minimum absolute atomic E-state index is 0.0305. The Bertz CT molecular complexity index is 855. The Kier molecular flexibility index (Phi) is 5.41. The highest BCUT2D eigenvalue weighted by Gasteiger charge is 2.30. The molecule has 0 aromatic heterocycles. The van der Waals surface area contributed by atoms with E-state index in [0.29, 0.717) is 36.4 Å². The molecule has 4 nitrogen and oxygen atoms in total. The molecule has 0 spiro atoms. The van der Waals surface area contributed by atoms with Crippen LogP contribution in [-0.4, -0.2) is 42.3 Å². The van der Waals surface area contributed by atoms with Crippen molar-refractivity contribution >= 4 is 33.3 Å². The quantitative estimate of drug-likeness (QED) is 0.703. The average Bonchev–Trinajstić information content (AvgIpc) is 2.61. The lowest BCUT2D eigenvalue weighted by molar-refractivity contribution is 0.0672. The fraction of sp³-hybridized carbons (Fsp3) is 0.300. The summed E-state index contributed by atoms with van der Waals surface area (Å²) in [4.78, 5) is 28.0. The van der Waals surface area contributed by atoms with Crippen LogP contribution in [0.4, 0.5) is 10.1 Å². The number of benzene rings is 2. The van der Waals surface area contributed by atoms with E-state index in [9.17, 15) is 14.0 Å². The Balaban J connectivity index is 1.76. The molecule has 1 aliphatic rings. The van der Waals surface area contributed by atoms with Crippen molar-refractivity contribution in [2.45, 2.75) is 19.9 Å². The third-order valence-electron chi connectivity index (χ3n) is 4.69. The Morgan fingerprint density at radius 2 is 1.88 bits per heavy atom. The fourth-order valence-corrected chi connectivity index (χ4v) is 3.70. The van der Waals surface area contributed by atoms with E-state index in [0.717, 1.165) is 4.47 Å². The highest BCUT2D eigenvalue weighted by Crippen LogP contribution is 2.26. The second-order valence-electron chi connectivity index (χ2n) is 6.50. The van der Waals surface area contributed by atoms with Crippen LogP contribution in [0.1, 0.15) is 34.6 Å². The summed E-state index contributed by atoms with van der Waals surface area (Å²) in [5, 5.41) is 0. The van der Waals surface area contributed by atoms with Gasteiger partial charge in [-0.05, 0) is 60.1 Å². The van der Waals surface area contributed by atoms with Crippen LogP contribution in [0.3, 0.4) is 0 Å². The molecule has 6 heteroatoms. The highest BCUT2D eigenvalue weighted by atomic mass is 79.9. The molecule has 0 radical (unpaired) electrons.